The zero-order valence-corrected chi connectivity index (χ0v) is 9.55. The van der Waals surface area contributed by atoms with Crippen molar-refractivity contribution >= 4 is 23.2 Å². The van der Waals surface area contributed by atoms with Crippen molar-refractivity contribution in [1.82, 2.24) is 0 Å². The van der Waals surface area contributed by atoms with E-state index in [1.54, 1.807) is 12.1 Å². The van der Waals surface area contributed by atoms with Gasteiger partial charge in [-0.1, -0.05) is 6.07 Å². The Bertz CT molecular complexity index is 436. The fourth-order valence-corrected chi connectivity index (χ4v) is 1.88. The molecule has 3 nitrogen and oxygen atoms in total. The number of ether oxygens (including phenoxy) is 1. The van der Waals surface area contributed by atoms with Crippen LogP contribution in [0.25, 0.3) is 0 Å². The summed E-state index contributed by atoms with van der Waals surface area (Å²) in [5.41, 5.74) is 0.706. The molecule has 1 heterocycles. The SMILES string of the molecule is CN1C(=O)COc2ccc(CCCl)c(F)c21. The van der Waals surface area contributed by atoms with Gasteiger partial charge in [0.2, 0.25) is 0 Å². The molecule has 1 aliphatic rings. The Labute approximate surface area is 97.8 Å². The van der Waals surface area contributed by atoms with E-state index in [0.29, 0.717) is 23.6 Å². The molecule has 5 heteroatoms. The van der Waals surface area contributed by atoms with Gasteiger partial charge in [0.1, 0.15) is 11.4 Å². The molecule has 0 aliphatic carbocycles. The number of aryl methyl sites for hydroxylation is 1. The van der Waals surface area contributed by atoms with Gasteiger partial charge < -0.3 is 9.64 Å². The van der Waals surface area contributed by atoms with Gasteiger partial charge in [0.25, 0.3) is 5.91 Å². The molecular formula is C11H11ClFNO2. The van der Waals surface area contributed by atoms with Crippen molar-refractivity contribution in [3.63, 3.8) is 0 Å². The minimum absolute atomic E-state index is 0.0439. The fourth-order valence-electron chi connectivity index (χ4n) is 1.67. The predicted molar refractivity (Wildman–Crippen MR) is 59.7 cm³/mol. The van der Waals surface area contributed by atoms with Gasteiger partial charge >= 0.3 is 0 Å². The molecule has 0 radical (unpaired) electrons. The van der Waals surface area contributed by atoms with Gasteiger partial charge in [-0.2, -0.15) is 0 Å². The number of hydrogen-bond acceptors (Lipinski definition) is 2. The molecule has 0 unspecified atom stereocenters. The van der Waals surface area contributed by atoms with Crippen LogP contribution in [0.4, 0.5) is 10.1 Å². The van der Waals surface area contributed by atoms with Crippen LogP contribution >= 0.6 is 11.6 Å². The number of likely N-dealkylation sites (N-methyl/N-ethyl adjacent to an activating group) is 1. The van der Waals surface area contributed by atoms with Crippen LogP contribution in [0.15, 0.2) is 12.1 Å². The highest BCUT2D eigenvalue weighted by atomic mass is 35.5. The lowest BCUT2D eigenvalue weighted by Gasteiger charge is -2.27. The quantitative estimate of drug-likeness (QED) is 0.744. The summed E-state index contributed by atoms with van der Waals surface area (Å²) in [5.74, 6) is 0.0647. The number of anilines is 1. The van der Waals surface area contributed by atoms with Crippen molar-refractivity contribution in [2.45, 2.75) is 6.42 Å². The number of alkyl halides is 1. The maximum atomic E-state index is 14.0. The van der Waals surface area contributed by atoms with Gasteiger partial charge in [0.15, 0.2) is 12.4 Å². The van der Waals surface area contributed by atoms with E-state index in [9.17, 15) is 9.18 Å². The topological polar surface area (TPSA) is 29.5 Å². The molecule has 0 fully saturated rings. The molecule has 0 atom stereocenters. The van der Waals surface area contributed by atoms with Crippen LogP contribution in [-0.4, -0.2) is 25.4 Å². The van der Waals surface area contributed by atoms with E-state index in [1.165, 1.54) is 11.9 Å². The Hall–Kier alpha value is -1.29. The molecule has 0 saturated carbocycles. The molecule has 1 aromatic carbocycles. The summed E-state index contributed by atoms with van der Waals surface area (Å²) in [6, 6.07) is 3.31. The summed E-state index contributed by atoms with van der Waals surface area (Å²) >= 11 is 5.58. The second-order valence-electron chi connectivity index (χ2n) is 3.57. The van der Waals surface area contributed by atoms with Crippen LogP contribution < -0.4 is 9.64 Å². The normalized spacial score (nSPS) is 14.7. The maximum absolute atomic E-state index is 14.0. The second-order valence-corrected chi connectivity index (χ2v) is 3.94. The van der Waals surface area contributed by atoms with Crippen molar-refractivity contribution in [2.75, 3.05) is 24.4 Å². The van der Waals surface area contributed by atoms with Crippen LogP contribution in [0.1, 0.15) is 5.56 Å². The minimum Gasteiger partial charge on any atom is -0.481 e. The number of hydrogen-bond donors (Lipinski definition) is 0. The summed E-state index contributed by atoms with van der Waals surface area (Å²) in [6.45, 7) is -0.0439. The Balaban J connectivity index is 2.50. The highest BCUT2D eigenvalue weighted by molar-refractivity contribution is 6.18. The van der Waals surface area contributed by atoms with E-state index in [2.05, 4.69) is 0 Å². The van der Waals surface area contributed by atoms with Crippen molar-refractivity contribution in [3.05, 3.63) is 23.5 Å². The summed E-state index contributed by atoms with van der Waals surface area (Å²) < 4.78 is 19.2. The molecule has 1 aliphatic heterocycles. The number of rotatable bonds is 2. The fraction of sp³-hybridized carbons (Fsp3) is 0.364. The molecule has 0 saturated heterocycles. The van der Waals surface area contributed by atoms with E-state index >= 15 is 0 Å². The van der Waals surface area contributed by atoms with Gasteiger partial charge in [-0.15, -0.1) is 11.6 Å². The van der Waals surface area contributed by atoms with Crippen LogP contribution in [0.5, 0.6) is 5.75 Å². The molecule has 2 rings (SSSR count). The standard InChI is InChI=1S/C11H11ClFNO2/c1-14-9(15)6-16-8-3-2-7(4-5-12)10(13)11(8)14/h2-3H,4-6H2,1H3. The Kier molecular flexibility index (Phi) is 3.01. The van der Waals surface area contributed by atoms with Gasteiger partial charge in [-0.3, -0.25) is 4.79 Å². The monoisotopic (exact) mass is 243 g/mol. The molecule has 16 heavy (non-hydrogen) atoms. The molecule has 0 bridgehead atoms. The Morgan fingerprint density at radius 3 is 3.00 bits per heavy atom. The van der Waals surface area contributed by atoms with Crippen LogP contribution in [0, 0.1) is 5.82 Å². The maximum Gasteiger partial charge on any atom is 0.264 e. The average Bonchev–Trinajstić information content (AvgIpc) is 2.27. The Morgan fingerprint density at radius 1 is 1.56 bits per heavy atom. The van der Waals surface area contributed by atoms with E-state index in [-0.39, 0.29) is 18.2 Å². The van der Waals surface area contributed by atoms with Crippen molar-refractivity contribution in [2.24, 2.45) is 0 Å². The first-order valence-corrected chi connectivity index (χ1v) is 5.45. The number of benzene rings is 1. The number of nitrogens with zero attached hydrogens (tertiary/aromatic N) is 1. The largest absolute Gasteiger partial charge is 0.481 e. The lowest BCUT2D eigenvalue weighted by Crippen LogP contribution is -2.36. The number of carbonyl (C=O) groups excluding carboxylic acids is 1. The lowest BCUT2D eigenvalue weighted by molar-refractivity contribution is -0.121. The van der Waals surface area contributed by atoms with Crippen LogP contribution in [0.2, 0.25) is 0 Å². The van der Waals surface area contributed by atoms with Crippen molar-refractivity contribution in [1.29, 1.82) is 0 Å². The smallest absolute Gasteiger partial charge is 0.264 e. The van der Waals surface area contributed by atoms with Crippen molar-refractivity contribution < 1.29 is 13.9 Å². The van der Waals surface area contributed by atoms with Crippen LogP contribution in [-0.2, 0) is 11.2 Å². The zero-order valence-electron chi connectivity index (χ0n) is 8.80. The first kappa shape index (κ1) is 11.2. The third-order valence-corrected chi connectivity index (χ3v) is 2.77. The van der Waals surface area contributed by atoms with E-state index in [1.807, 2.05) is 0 Å². The van der Waals surface area contributed by atoms with Gasteiger partial charge in [-0.25, -0.2) is 4.39 Å². The average molecular weight is 244 g/mol. The van der Waals surface area contributed by atoms with Crippen molar-refractivity contribution in [3.8, 4) is 5.75 Å². The summed E-state index contributed by atoms with van der Waals surface area (Å²) in [6.07, 6.45) is 0.433. The third kappa shape index (κ3) is 1.73. The number of carbonyl (C=O) groups is 1. The first-order valence-electron chi connectivity index (χ1n) is 4.92. The highest BCUT2D eigenvalue weighted by Crippen LogP contribution is 2.35. The molecule has 86 valence electrons. The molecule has 0 spiro atoms. The minimum atomic E-state index is -0.422. The summed E-state index contributed by atoms with van der Waals surface area (Å²) in [4.78, 5) is 12.7. The molecule has 0 N–H and O–H groups in total. The third-order valence-electron chi connectivity index (χ3n) is 2.58. The molecular weight excluding hydrogens is 233 g/mol. The number of halogens is 2. The van der Waals surface area contributed by atoms with Gasteiger partial charge in [0.05, 0.1) is 0 Å². The summed E-state index contributed by atoms with van der Waals surface area (Å²) in [5, 5.41) is 0. The summed E-state index contributed by atoms with van der Waals surface area (Å²) in [7, 11) is 1.54. The van der Waals surface area contributed by atoms with Gasteiger partial charge in [0, 0.05) is 12.9 Å². The predicted octanol–water partition coefficient (Wildman–Crippen LogP) is 1.96. The molecule has 0 aromatic heterocycles. The molecule has 1 aromatic rings. The van der Waals surface area contributed by atoms with E-state index in [4.69, 9.17) is 16.3 Å². The van der Waals surface area contributed by atoms with Gasteiger partial charge in [-0.05, 0) is 18.1 Å². The number of fused-ring (bicyclic) bond motifs is 1. The number of amides is 1. The highest BCUT2D eigenvalue weighted by Gasteiger charge is 2.26. The van der Waals surface area contributed by atoms with Crippen LogP contribution in [0.3, 0.4) is 0 Å². The zero-order chi connectivity index (χ0) is 11.7. The van der Waals surface area contributed by atoms with E-state index in [0.717, 1.165) is 0 Å². The second kappa shape index (κ2) is 4.29. The Morgan fingerprint density at radius 2 is 2.31 bits per heavy atom. The van der Waals surface area contributed by atoms with E-state index < -0.39 is 5.82 Å². The lowest BCUT2D eigenvalue weighted by atomic mass is 10.1. The molecule has 1 amide bonds. The first-order chi connectivity index (χ1) is 7.65.